The highest BCUT2D eigenvalue weighted by molar-refractivity contribution is 14.0. The van der Waals surface area contributed by atoms with Gasteiger partial charge in [-0.2, -0.15) is 0 Å². The van der Waals surface area contributed by atoms with E-state index >= 15 is 0 Å². The highest BCUT2D eigenvalue weighted by Crippen LogP contribution is 2.36. The van der Waals surface area contributed by atoms with Gasteiger partial charge in [-0.3, -0.25) is 14.7 Å². The molecule has 1 aromatic heterocycles. The van der Waals surface area contributed by atoms with Crippen LogP contribution >= 0.6 is 35.3 Å². The van der Waals surface area contributed by atoms with E-state index in [9.17, 15) is 4.79 Å². The fourth-order valence-corrected chi connectivity index (χ4v) is 6.49. The van der Waals surface area contributed by atoms with Gasteiger partial charge in [-0.25, -0.2) is 0 Å². The van der Waals surface area contributed by atoms with Crippen LogP contribution in [0.25, 0.3) is 0 Å². The van der Waals surface area contributed by atoms with E-state index < -0.39 is 0 Å². The smallest absolute Gasteiger partial charge is 0.225 e. The maximum Gasteiger partial charge on any atom is 0.225 e. The van der Waals surface area contributed by atoms with Crippen LogP contribution in [0.5, 0.6) is 0 Å². The molecule has 1 saturated carbocycles. The molecule has 3 fully saturated rings. The first-order valence-electron chi connectivity index (χ1n) is 11.7. The van der Waals surface area contributed by atoms with E-state index in [-0.39, 0.29) is 29.9 Å². The van der Waals surface area contributed by atoms with Crippen molar-refractivity contribution in [2.45, 2.75) is 57.0 Å². The van der Waals surface area contributed by atoms with E-state index in [0.29, 0.717) is 23.9 Å². The van der Waals surface area contributed by atoms with Gasteiger partial charge in [0.15, 0.2) is 5.96 Å². The van der Waals surface area contributed by atoms with Gasteiger partial charge in [0.25, 0.3) is 0 Å². The lowest BCUT2D eigenvalue weighted by Gasteiger charge is -2.39. The van der Waals surface area contributed by atoms with E-state index in [1.165, 1.54) is 37.1 Å². The molecule has 0 aromatic carbocycles. The SMILES string of the molecule is CN=C(NCC1CCCN(C)C1c1cccs1)NC1CCN(C(=O)C2CCCC2)C1.I. The van der Waals surface area contributed by atoms with Gasteiger partial charge in [0.2, 0.25) is 5.91 Å². The maximum absolute atomic E-state index is 12.7. The maximum atomic E-state index is 12.7. The quantitative estimate of drug-likeness (QED) is 0.328. The number of likely N-dealkylation sites (tertiary alicyclic amines) is 2. The van der Waals surface area contributed by atoms with Gasteiger partial charge >= 0.3 is 0 Å². The number of halogens is 1. The second-order valence-corrected chi connectivity index (χ2v) is 10.2. The number of rotatable bonds is 5. The summed E-state index contributed by atoms with van der Waals surface area (Å²) in [5.74, 6) is 2.10. The summed E-state index contributed by atoms with van der Waals surface area (Å²) < 4.78 is 0. The van der Waals surface area contributed by atoms with Gasteiger partial charge in [0, 0.05) is 49.6 Å². The molecule has 1 amide bonds. The second kappa shape index (κ2) is 11.8. The Morgan fingerprint density at radius 3 is 2.71 bits per heavy atom. The van der Waals surface area contributed by atoms with Crippen LogP contribution < -0.4 is 10.6 Å². The predicted octanol–water partition coefficient (Wildman–Crippen LogP) is 3.71. The van der Waals surface area contributed by atoms with Gasteiger partial charge in [0.1, 0.15) is 0 Å². The highest BCUT2D eigenvalue weighted by Gasteiger charge is 2.33. The van der Waals surface area contributed by atoms with E-state index in [1.807, 2.05) is 18.4 Å². The van der Waals surface area contributed by atoms with E-state index in [0.717, 1.165) is 44.9 Å². The van der Waals surface area contributed by atoms with Crippen LogP contribution in [0.1, 0.15) is 55.9 Å². The van der Waals surface area contributed by atoms with Gasteiger partial charge in [-0.05, 0) is 63.1 Å². The molecule has 3 heterocycles. The topological polar surface area (TPSA) is 60.0 Å². The summed E-state index contributed by atoms with van der Waals surface area (Å²) in [5.41, 5.74) is 0. The van der Waals surface area contributed by atoms with Crippen LogP contribution in [0.3, 0.4) is 0 Å². The summed E-state index contributed by atoms with van der Waals surface area (Å²) >= 11 is 1.86. The fraction of sp³-hybridized carbons (Fsp3) is 0.739. The molecule has 3 atom stereocenters. The van der Waals surface area contributed by atoms with Crippen molar-refractivity contribution >= 4 is 47.2 Å². The minimum Gasteiger partial charge on any atom is -0.356 e. The lowest BCUT2D eigenvalue weighted by molar-refractivity contribution is -0.134. The largest absolute Gasteiger partial charge is 0.356 e. The monoisotopic (exact) mass is 559 g/mol. The van der Waals surface area contributed by atoms with Gasteiger partial charge < -0.3 is 15.5 Å². The molecule has 4 rings (SSSR count). The van der Waals surface area contributed by atoms with Gasteiger partial charge in [-0.15, -0.1) is 35.3 Å². The van der Waals surface area contributed by atoms with E-state index in [1.54, 1.807) is 0 Å². The second-order valence-electron chi connectivity index (χ2n) is 9.19. The number of aliphatic imine (C=N–C) groups is 1. The van der Waals surface area contributed by atoms with E-state index in [2.05, 4.69) is 50.0 Å². The number of thiophene rings is 1. The Kier molecular flexibility index (Phi) is 9.46. The van der Waals surface area contributed by atoms with Crippen molar-refractivity contribution in [3.8, 4) is 0 Å². The van der Waals surface area contributed by atoms with Crippen molar-refractivity contribution < 1.29 is 4.79 Å². The van der Waals surface area contributed by atoms with Crippen molar-refractivity contribution in [3.63, 3.8) is 0 Å². The third kappa shape index (κ3) is 6.13. The van der Waals surface area contributed by atoms with Crippen LogP contribution in [-0.2, 0) is 4.79 Å². The van der Waals surface area contributed by atoms with Crippen LogP contribution in [0.2, 0.25) is 0 Å². The molecule has 2 N–H and O–H groups in total. The summed E-state index contributed by atoms with van der Waals surface area (Å²) in [6, 6.07) is 5.21. The van der Waals surface area contributed by atoms with Crippen LogP contribution in [0.15, 0.2) is 22.5 Å². The molecular formula is C23H38IN5OS. The Morgan fingerprint density at radius 2 is 2.00 bits per heavy atom. The number of hydrogen-bond acceptors (Lipinski definition) is 4. The minimum absolute atomic E-state index is 0. The van der Waals surface area contributed by atoms with Crippen molar-refractivity contribution in [2.24, 2.45) is 16.8 Å². The molecule has 2 aliphatic heterocycles. The highest BCUT2D eigenvalue weighted by atomic mass is 127. The molecule has 3 aliphatic rings. The number of nitrogens with one attached hydrogen (secondary N) is 2. The fourth-order valence-electron chi connectivity index (χ4n) is 5.51. The molecule has 2 saturated heterocycles. The molecule has 8 heteroatoms. The zero-order valence-electron chi connectivity index (χ0n) is 18.9. The zero-order valence-corrected chi connectivity index (χ0v) is 22.0. The molecular weight excluding hydrogens is 521 g/mol. The zero-order chi connectivity index (χ0) is 20.9. The molecule has 6 nitrogen and oxygen atoms in total. The Bertz CT molecular complexity index is 722. The number of carbonyl (C=O) groups excluding carboxylic acids is 1. The lowest BCUT2D eigenvalue weighted by atomic mass is 9.88. The summed E-state index contributed by atoms with van der Waals surface area (Å²) in [5, 5.41) is 9.35. The number of amides is 1. The Hall–Kier alpha value is -0.870. The van der Waals surface area contributed by atoms with Crippen molar-refractivity contribution in [2.75, 3.05) is 40.3 Å². The van der Waals surface area contributed by atoms with Crippen molar-refractivity contribution in [1.29, 1.82) is 0 Å². The molecule has 0 bridgehead atoms. The predicted molar refractivity (Wildman–Crippen MR) is 139 cm³/mol. The van der Waals surface area contributed by atoms with Crippen LogP contribution in [0.4, 0.5) is 0 Å². The molecule has 0 radical (unpaired) electrons. The van der Waals surface area contributed by atoms with Crippen molar-refractivity contribution in [3.05, 3.63) is 22.4 Å². The molecule has 174 valence electrons. The molecule has 1 aromatic rings. The number of piperidine rings is 1. The minimum atomic E-state index is 0. The molecule has 1 aliphatic carbocycles. The first-order valence-corrected chi connectivity index (χ1v) is 12.5. The van der Waals surface area contributed by atoms with Gasteiger partial charge in [0.05, 0.1) is 0 Å². The van der Waals surface area contributed by atoms with Crippen LogP contribution in [-0.4, -0.2) is 68.0 Å². The lowest BCUT2D eigenvalue weighted by Crippen LogP contribution is -2.48. The normalized spacial score (nSPS) is 27.9. The first kappa shape index (κ1) is 24.8. The van der Waals surface area contributed by atoms with Crippen molar-refractivity contribution in [1.82, 2.24) is 20.4 Å². The van der Waals surface area contributed by atoms with Gasteiger partial charge in [-0.1, -0.05) is 18.9 Å². The average molecular weight is 560 g/mol. The third-order valence-corrected chi connectivity index (χ3v) is 8.09. The average Bonchev–Trinajstić information content (AvgIpc) is 3.53. The Balaban J connectivity index is 0.00000272. The third-order valence-electron chi connectivity index (χ3n) is 7.14. The first-order chi connectivity index (χ1) is 14.7. The summed E-state index contributed by atoms with van der Waals surface area (Å²) in [4.78, 5) is 23.2. The van der Waals surface area contributed by atoms with E-state index in [4.69, 9.17) is 0 Å². The Morgan fingerprint density at radius 1 is 1.19 bits per heavy atom. The molecule has 3 unspecified atom stereocenters. The summed E-state index contributed by atoms with van der Waals surface area (Å²) in [6.07, 6.45) is 8.08. The molecule has 31 heavy (non-hydrogen) atoms. The molecule has 0 spiro atoms. The summed E-state index contributed by atoms with van der Waals surface area (Å²) in [6.45, 7) is 3.76. The standard InChI is InChI=1S/C23H37N5OS.HI/c1-24-23(26-19-11-13-28(16-19)22(29)17-7-3-4-8-17)25-15-18-9-5-12-27(2)21(18)20-10-6-14-30-20;/h6,10,14,17-19,21H,3-5,7-9,11-13,15-16H2,1-2H3,(H2,24,25,26);1H. The number of carbonyl (C=O) groups is 1. The number of hydrogen-bond donors (Lipinski definition) is 2. The summed E-state index contributed by atoms with van der Waals surface area (Å²) in [7, 11) is 4.09. The Labute approximate surface area is 208 Å². The van der Waals surface area contributed by atoms with Crippen LogP contribution in [0, 0.1) is 11.8 Å². The number of guanidine groups is 1. The number of nitrogens with zero attached hydrogens (tertiary/aromatic N) is 3.